The molecule has 7 heteroatoms. The minimum atomic E-state index is -3.69. The van der Waals surface area contributed by atoms with Gasteiger partial charge in [-0.25, -0.2) is 17.9 Å². The molecule has 0 aliphatic heterocycles. The summed E-state index contributed by atoms with van der Waals surface area (Å²) in [5.41, 5.74) is 0.00648. The van der Waals surface area contributed by atoms with Gasteiger partial charge in [-0.1, -0.05) is 12.8 Å². The van der Waals surface area contributed by atoms with Gasteiger partial charge in [0.1, 0.15) is 0 Å². The second-order valence-corrected chi connectivity index (χ2v) is 8.28. The molecule has 0 amide bonds. The predicted molar refractivity (Wildman–Crippen MR) is 87.9 cm³/mol. The normalized spacial score (nSPS) is 17.8. The van der Waals surface area contributed by atoms with Crippen LogP contribution in [-0.4, -0.2) is 25.5 Å². The van der Waals surface area contributed by atoms with Gasteiger partial charge in [0.2, 0.25) is 10.0 Å². The highest BCUT2D eigenvalue weighted by atomic mass is 127. The lowest BCUT2D eigenvalue weighted by Gasteiger charge is -2.20. The molecule has 0 saturated heterocycles. The van der Waals surface area contributed by atoms with Crippen LogP contribution in [-0.2, 0) is 10.0 Å². The minimum Gasteiger partial charge on any atom is -0.478 e. The van der Waals surface area contributed by atoms with E-state index in [1.807, 2.05) is 29.5 Å². The van der Waals surface area contributed by atoms with Gasteiger partial charge in [-0.3, -0.25) is 0 Å². The molecule has 2 rings (SSSR count). The summed E-state index contributed by atoms with van der Waals surface area (Å²) < 4.78 is 28.0. The summed E-state index contributed by atoms with van der Waals surface area (Å²) >= 11 is 1.88. The van der Waals surface area contributed by atoms with Gasteiger partial charge in [0.05, 0.1) is 10.5 Å². The SMILES string of the molecule is C[C@H](NS(=O)(=O)c1ccc(I)c(C(=O)O)c1)C1CCCC1. The van der Waals surface area contributed by atoms with Crippen molar-refractivity contribution in [2.45, 2.75) is 43.5 Å². The van der Waals surface area contributed by atoms with Crippen LogP contribution in [0.5, 0.6) is 0 Å². The van der Waals surface area contributed by atoms with Gasteiger partial charge in [0, 0.05) is 9.61 Å². The number of aromatic carboxylic acids is 1. The first-order valence-electron chi connectivity index (χ1n) is 6.86. The number of nitrogens with one attached hydrogen (secondary N) is 1. The number of hydrogen-bond acceptors (Lipinski definition) is 3. The van der Waals surface area contributed by atoms with Gasteiger partial charge in [-0.2, -0.15) is 0 Å². The highest BCUT2D eigenvalue weighted by Gasteiger charge is 2.26. The van der Waals surface area contributed by atoms with Crippen molar-refractivity contribution in [3.63, 3.8) is 0 Å². The maximum Gasteiger partial charge on any atom is 0.336 e. The summed E-state index contributed by atoms with van der Waals surface area (Å²) in [5, 5.41) is 9.09. The van der Waals surface area contributed by atoms with Crippen molar-refractivity contribution >= 4 is 38.6 Å². The van der Waals surface area contributed by atoms with Crippen molar-refractivity contribution < 1.29 is 18.3 Å². The Bertz CT molecular complexity index is 638. The van der Waals surface area contributed by atoms with Crippen LogP contribution >= 0.6 is 22.6 Å². The Morgan fingerprint density at radius 3 is 2.57 bits per heavy atom. The van der Waals surface area contributed by atoms with E-state index in [4.69, 9.17) is 5.11 Å². The molecule has 1 fully saturated rings. The average molecular weight is 423 g/mol. The fraction of sp³-hybridized carbons (Fsp3) is 0.500. The summed E-state index contributed by atoms with van der Waals surface area (Å²) in [5.74, 6) is -0.761. The van der Waals surface area contributed by atoms with Crippen LogP contribution in [0.2, 0.25) is 0 Å². The second-order valence-electron chi connectivity index (χ2n) is 5.40. The van der Waals surface area contributed by atoms with E-state index in [2.05, 4.69) is 4.72 Å². The zero-order chi connectivity index (χ0) is 15.6. The lowest BCUT2D eigenvalue weighted by atomic mass is 10.0. The van der Waals surface area contributed by atoms with E-state index < -0.39 is 16.0 Å². The van der Waals surface area contributed by atoms with Crippen molar-refractivity contribution in [2.75, 3.05) is 0 Å². The number of halogens is 1. The number of carbonyl (C=O) groups is 1. The highest BCUT2D eigenvalue weighted by Crippen LogP contribution is 2.28. The van der Waals surface area contributed by atoms with E-state index in [-0.39, 0.29) is 16.5 Å². The largest absolute Gasteiger partial charge is 0.478 e. The molecule has 0 aromatic heterocycles. The predicted octanol–water partition coefficient (Wildman–Crippen LogP) is 2.85. The van der Waals surface area contributed by atoms with E-state index in [1.54, 1.807) is 0 Å². The molecule has 1 aliphatic rings. The molecule has 5 nitrogen and oxygen atoms in total. The third-order valence-corrected chi connectivity index (χ3v) is 6.42. The number of rotatable bonds is 5. The molecule has 0 unspecified atom stereocenters. The average Bonchev–Trinajstić information content (AvgIpc) is 2.92. The van der Waals surface area contributed by atoms with Gasteiger partial charge in [0.15, 0.2) is 0 Å². The zero-order valence-electron chi connectivity index (χ0n) is 11.7. The number of sulfonamides is 1. The maximum atomic E-state index is 12.4. The van der Waals surface area contributed by atoms with Gasteiger partial charge >= 0.3 is 5.97 Å². The van der Waals surface area contributed by atoms with Crippen LogP contribution in [0.25, 0.3) is 0 Å². The van der Waals surface area contributed by atoms with Crippen LogP contribution in [0.4, 0.5) is 0 Å². The minimum absolute atomic E-state index is 0.00478. The highest BCUT2D eigenvalue weighted by molar-refractivity contribution is 14.1. The quantitative estimate of drug-likeness (QED) is 0.714. The van der Waals surface area contributed by atoms with E-state index in [0.29, 0.717) is 9.49 Å². The number of carboxylic acids is 1. The van der Waals surface area contributed by atoms with Crippen LogP contribution in [0, 0.1) is 9.49 Å². The van der Waals surface area contributed by atoms with Gasteiger partial charge in [-0.15, -0.1) is 0 Å². The Hall–Kier alpha value is -0.670. The first-order chi connectivity index (χ1) is 9.81. The van der Waals surface area contributed by atoms with Crippen LogP contribution in [0.3, 0.4) is 0 Å². The molecule has 0 radical (unpaired) electrons. The molecule has 0 bridgehead atoms. The van der Waals surface area contributed by atoms with Crippen LogP contribution < -0.4 is 4.72 Å². The molecule has 116 valence electrons. The first-order valence-corrected chi connectivity index (χ1v) is 9.42. The summed E-state index contributed by atoms with van der Waals surface area (Å²) in [4.78, 5) is 11.1. The fourth-order valence-corrected chi connectivity index (χ4v) is 4.61. The topological polar surface area (TPSA) is 83.5 Å². The van der Waals surface area contributed by atoms with Gasteiger partial charge < -0.3 is 5.11 Å². The Morgan fingerprint density at radius 1 is 1.38 bits per heavy atom. The summed E-state index contributed by atoms with van der Waals surface area (Å²) in [6.07, 6.45) is 4.36. The fourth-order valence-electron chi connectivity index (χ4n) is 2.70. The number of hydrogen-bond donors (Lipinski definition) is 2. The summed E-state index contributed by atoms with van der Waals surface area (Å²) in [6.45, 7) is 1.87. The molecule has 21 heavy (non-hydrogen) atoms. The monoisotopic (exact) mass is 423 g/mol. The Kier molecular flexibility index (Phi) is 5.26. The molecule has 0 spiro atoms. The van der Waals surface area contributed by atoms with Crippen LogP contribution in [0.1, 0.15) is 43.0 Å². The lowest BCUT2D eigenvalue weighted by molar-refractivity contribution is 0.0695. The van der Waals surface area contributed by atoms with Crippen molar-refractivity contribution in [2.24, 2.45) is 5.92 Å². The second kappa shape index (κ2) is 6.62. The maximum absolute atomic E-state index is 12.4. The third-order valence-electron chi connectivity index (χ3n) is 3.93. The molecule has 2 N–H and O–H groups in total. The van der Waals surface area contributed by atoms with Crippen molar-refractivity contribution in [3.05, 3.63) is 27.3 Å². The third kappa shape index (κ3) is 3.95. The van der Waals surface area contributed by atoms with Gasteiger partial charge in [0.25, 0.3) is 0 Å². The molecule has 1 atom stereocenters. The molecular weight excluding hydrogens is 405 g/mol. The molecule has 1 aromatic carbocycles. The van der Waals surface area contributed by atoms with Crippen molar-refractivity contribution in [1.82, 2.24) is 4.72 Å². The number of benzene rings is 1. The van der Waals surface area contributed by atoms with E-state index in [1.165, 1.54) is 18.2 Å². The number of carboxylic acid groups (broad SMARTS) is 1. The molecular formula is C14H18INO4S. The van der Waals surface area contributed by atoms with Crippen LogP contribution in [0.15, 0.2) is 23.1 Å². The first kappa shape index (κ1) is 16.7. The van der Waals surface area contributed by atoms with E-state index in [9.17, 15) is 13.2 Å². The molecule has 1 saturated carbocycles. The Labute approximate surface area is 138 Å². The zero-order valence-corrected chi connectivity index (χ0v) is 14.6. The molecule has 0 heterocycles. The molecule has 1 aromatic rings. The van der Waals surface area contributed by atoms with Crippen molar-refractivity contribution in [1.29, 1.82) is 0 Å². The van der Waals surface area contributed by atoms with E-state index >= 15 is 0 Å². The standard InChI is InChI=1S/C14H18INO4S/c1-9(10-4-2-3-5-10)16-21(19,20)11-6-7-13(15)12(8-11)14(17)18/h6-10,16H,2-5H2,1H3,(H,17,18)/t9-/m0/s1. The molecule has 1 aliphatic carbocycles. The lowest BCUT2D eigenvalue weighted by Crippen LogP contribution is -2.37. The Morgan fingerprint density at radius 2 is 2.00 bits per heavy atom. The summed E-state index contributed by atoms with van der Waals surface area (Å²) in [6, 6.07) is 4.04. The smallest absolute Gasteiger partial charge is 0.336 e. The summed E-state index contributed by atoms with van der Waals surface area (Å²) in [7, 11) is -3.69. The van der Waals surface area contributed by atoms with E-state index in [0.717, 1.165) is 25.7 Å². The van der Waals surface area contributed by atoms with Crippen molar-refractivity contribution in [3.8, 4) is 0 Å². The van der Waals surface area contributed by atoms with Gasteiger partial charge in [-0.05, 0) is 66.5 Å². The Balaban J connectivity index is 2.23.